The Bertz CT molecular complexity index is 355. The standard InChI is InChI=1S/C11H15F3N2/c1-16-3-2-8(15)4-7-5-10(13)11(14)6-9(7)12/h5-6,8,16H,2-4,15H2,1H3. The number of hydrogen-bond donors (Lipinski definition) is 2. The van der Waals surface area contributed by atoms with Gasteiger partial charge in [0.05, 0.1) is 0 Å². The Balaban J connectivity index is 2.69. The first kappa shape index (κ1) is 13.0. The molecule has 1 aromatic carbocycles. The Kier molecular flexibility index (Phi) is 4.76. The predicted octanol–water partition coefficient (Wildman–Crippen LogP) is 1.58. The van der Waals surface area contributed by atoms with Crippen molar-refractivity contribution in [2.45, 2.75) is 18.9 Å². The van der Waals surface area contributed by atoms with Crippen molar-refractivity contribution in [1.29, 1.82) is 0 Å². The first-order chi connectivity index (χ1) is 7.54. The maximum atomic E-state index is 13.2. The second-order valence-electron chi connectivity index (χ2n) is 3.71. The van der Waals surface area contributed by atoms with Gasteiger partial charge in [0.25, 0.3) is 0 Å². The van der Waals surface area contributed by atoms with Gasteiger partial charge in [-0.05, 0) is 38.1 Å². The second-order valence-corrected chi connectivity index (χ2v) is 3.71. The smallest absolute Gasteiger partial charge is 0.161 e. The van der Waals surface area contributed by atoms with E-state index in [0.29, 0.717) is 19.0 Å². The van der Waals surface area contributed by atoms with E-state index in [-0.39, 0.29) is 18.0 Å². The third kappa shape index (κ3) is 3.50. The fourth-order valence-electron chi connectivity index (χ4n) is 1.43. The third-order valence-corrected chi connectivity index (χ3v) is 2.34. The van der Waals surface area contributed by atoms with E-state index in [2.05, 4.69) is 5.32 Å². The van der Waals surface area contributed by atoms with Gasteiger partial charge in [0, 0.05) is 12.1 Å². The third-order valence-electron chi connectivity index (χ3n) is 2.34. The van der Waals surface area contributed by atoms with E-state index in [0.717, 1.165) is 6.07 Å². The summed E-state index contributed by atoms with van der Waals surface area (Å²) in [6.07, 6.45) is 0.847. The molecule has 0 bridgehead atoms. The lowest BCUT2D eigenvalue weighted by Crippen LogP contribution is -2.27. The molecule has 90 valence electrons. The van der Waals surface area contributed by atoms with Crippen LogP contribution < -0.4 is 11.1 Å². The Labute approximate surface area is 92.6 Å². The van der Waals surface area contributed by atoms with Gasteiger partial charge in [-0.2, -0.15) is 0 Å². The van der Waals surface area contributed by atoms with E-state index < -0.39 is 17.5 Å². The fraction of sp³-hybridized carbons (Fsp3) is 0.455. The highest BCUT2D eigenvalue weighted by molar-refractivity contribution is 5.21. The highest BCUT2D eigenvalue weighted by atomic mass is 19.2. The number of nitrogens with one attached hydrogen (secondary N) is 1. The van der Waals surface area contributed by atoms with Crippen molar-refractivity contribution in [2.24, 2.45) is 5.73 Å². The predicted molar refractivity (Wildman–Crippen MR) is 56.5 cm³/mol. The molecule has 0 spiro atoms. The molecule has 1 aromatic rings. The Morgan fingerprint density at radius 1 is 1.19 bits per heavy atom. The van der Waals surface area contributed by atoms with Crippen LogP contribution in [0.1, 0.15) is 12.0 Å². The first-order valence-electron chi connectivity index (χ1n) is 5.08. The van der Waals surface area contributed by atoms with Crippen LogP contribution in [0, 0.1) is 17.5 Å². The molecular formula is C11H15F3N2. The van der Waals surface area contributed by atoms with Gasteiger partial charge in [-0.25, -0.2) is 13.2 Å². The Hall–Kier alpha value is -1.07. The van der Waals surface area contributed by atoms with Gasteiger partial charge in [0.2, 0.25) is 0 Å². The summed E-state index contributed by atoms with van der Waals surface area (Å²) in [5.41, 5.74) is 5.84. The minimum absolute atomic E-state index is 0.113. The molecule has 1 rings (SSSR count). The molecule has 0 aliphatic heterocycles. The number of benzene rings is 1. The monoisotopic (exact) mass is 232 g/mol. The molecular weight excluding hydrogens is 217 g/mol. The number of rotatable bonds is 5. The lowest BCUT2D eigenvalue weighted by Gasteiger charge is -2.12. The second kappa shape index (κ2) is 5.86. The van der Waals surface area contributed by atoms with E-state index in [1.165, 1.54) is 0 Å². The van der Waals surface area contributed by atoms with Crippen LogP contribution in [0.15, 0.2) is 12.1 Å². The van der Waals surface area contributed by atoms with Crippen LogP contribution >= 0.6 is 0 Å². The van der Waals surface area contributed by atoms with Crippen molar-refractivity contribution in [3.8, 4) is 0 Å². The fourth-order valence-corrected chi connectivity index (χ4v) is 1.43. The summed E-state index contributed by atoms with van der Waals surface area (Å²) in [5, 5.41) is 2.91. The molecule has 1 unspecified atom stereocenters. The van der Waals surface area contributed by atoms with Gasteiger partial charge in [0.1, 0.15) is 5.82 Å². The zero-order valence-electron chi connectivity index (χ0n) is 9.06. The summed E-state index contributed by atoms with van der Waals surface area (Å²) in [6.45, 7) is 0.701. The van der Waals surface area contributed by atoms with Crippen molar-refractivity contribution in [1.82, 2.24) is 5.32 Å². The van der Waals surface area contributed by atoms with Crippen molar-refractivity contribution in [3.05, 3.63) is 35.1 Å². The van der Waals surface area contributed by atoms with E-state index >= 15 is 0 Å². The van der Waals surface area contributed by atoms with Gasteiger partial charge in [-0.3, -0.25) is 0 Å². The molecule has 3 N–H and O–H groups in total. The summed E-state index contributed by atoms with van der Waals surface area (Å²) < 4.78 is 38.7. The summed E-state index contributed by atoms with van der Waals surface area (Å²) in [6, 6.07) is 1.14. The molecule has 0 fully saturated rings. The molecule has 5 heteroatoms. The van der Waals surface area contributed by atoms with Crippen molar-refractivity contribution in [3.63, 3.8) is 0 Å². The summed E-state index contributed by atoms with van der Waals surface area (Å²) >= 11 is 0. The van der Waals surface area contributed by atoms with Crippen LogP contribution in [0.25, 0.3) is 0 Å². The van der Waals surface area contributed by atoms with E-state index in [4.69, 9.17) is 5.73 Å². The van der Waals surface area contributed by atoms with Crippen molar-refractivity contribution >= 4 is 0 Å². The van der Waals surface area contributed by atoms with Crippen LogP contribution in [0.2, 0.25) is 0 Å². The SMILES string of the molecule is CNCCC(N)Cc1cc(F)c(F)cc1F. The van der Waals surface area contributed by atoms with Crippen LogP contribution in [0.3, 0.4) is 0 Å². The average molecular weight is 232 g/mol. The minimum atomic E-state index is -1.18. The van der Waals surface area contributed by atoms with Crippen LogP contribution in [-0.4, -0.2) is 19.6 Å². The topological polar surface area (TPSA) is 38.0 Å². The zero-order chi connectivity index (χ0) is 12.1. The van der Waals surface area contributed by atoms with E-state index in [1.54, 1.807) is 7.05 Å². The van der Waals surface area contributed by atoms with Gasteiger partial charge >= 0.3 is 0 Å². The van der Waals surface area contributed by atoms with Crippen LogP contribution in [-0.2, 0) is 6.42 Å². The summed E-state index contributed by atoms with van der Waals surface area (Å²) in [5.74, 6) is -2.97. The Morgan fingerprint density at radius 2 is 1.81 bits per heavy atom. The number of nitrogens with two attached hydrogens (primary N) is 1. The maximum Gasteiger partial charge on any atom is 0.161 e. The Morgan fingerprint density at radius 3 is 2.44 bits per heavy atom. The highest BCUT2D eigenvalue weighted by Crippen LogP contribution is 2.15. The zero-order valence-corrected chi connectivity index (χ0v) is 9.06. The quantitative estimate of drug-likeness (QED) is 0.756. The molecule has 0 aliphatic carbocycles. The molecule has 0 amide bonds. The lowest BCUT2D eigenvalue weighted by molar-refractivity contribution is 0.484. The molecule has 0 saturated carbocycles. The average Bonchev–Trinajstić information content (AvgIpc) is 2.23. The molecule has 1 atom stereocenters. The largest absolute Gasteiger partial charge is 0.327 e. The van der Waals surface area contributed by atoms with E-state index in [1.807, 2.05) is 0 Å². The summed E-state index contributed by atoms with van der Waals surface area (Å²) in [4.78, 5) is 0. The van der Waals surface area contributed by atoms with Gasteiger partial charge < -0.3 is 11.1 Å². The minimum Gasteiger partial charge on any atom is -0.327 e. The first-order valence-corrected chi connectivity index (χ1v) is 5.08. The molecule has 2 nitrogen and oxygen atoms in total. The van der Waals surface area contributed by atoms with Crippen LogP contribution in [0.4, 0.5) is 13.2 Å². The molecule has 0 heterocycles. The van der Waals surface area contributed by atoms with Gasteiger partial charge in [-0.1, -0.05) is 0 Å². The summed E-state index contributed by atoms with van der Waals surface area (Å²) in [7, 11) is 1.78. The normalized spacial score (nSPS) is 12.8. The maximum absolute atomic E-state index is 13.2. The van der Waals surface area contributed by atoms with Crippen molar-refractivity contribution in [2.75, 3.05) is 13.6 Å². The van der Waals surface area contributed by atoms with Gasteiger partial charge in [0.15, 0.2) is 11.6 Å². The molecule has 0 saturated heterocycles. The number of hydrogen-bond acceptors (Lipinski definition) is 2. The molecule has 0 radical (unpaired) electrons. The van der Waals surface area contributed by atoms with Gasteiger partial charge in [-0.15, -0.1) is 0 Å². The molecule has 16 heavy (non-hydrogen) atoms. The van der Waals surface area contributed by atoms with Crippen molar-refractivity contribution < 1.29 is 13.2 Å². The molecule has 0 aliphatic rings. The highest BCUT2D eigenvalue weighted by Gasteiger charge is 2.12. The lowest BCUT2D eigenvalue weighted by atomic mass is 10.0. The molecule has 0 aromatic heterocycles. The number of halogens is 3. The van der Waals surface area contributed by atoms with E-state index in [9.17, 15) is 13.2 Å². The van der Waals surface area contributed by atoms with Crippen LogP contribution in [0.5, 0.6) is 0 Å².